The highest BCUT2D eigenvalue weighted by molar-refractivity contribution is 7.86. The van der Waals surface area contributed by atoms with E-state index in [4.69, 9.17) is 4.55 Å². The molecule has 0 aliphatic heterocycles. The normalized spacial score (nSPS) is 13.7. The van der Waals surface area contributed by atoms with Gasteiger partial charge in [-0.25, -0.2) is 0 Å². The molecule has 0 saturated heterocycles. The third-order valence-electron chi connectivity index (χ3n) is 2.19. The molecule has 0 radical (unpaired) electrons. The lowest BCUT2D eigenvalue weighted by Gasteiger charge is -2.14. The van der Waals surface area contributed by atoms with Gasteiger partial charge in [-0.1, -0.05) is 31.5 Å². The van der Waals surface area contributed by atoms with Gasteiger partial charge in [0.2, 0.25) is 0 Å². The van der Waals surface area contributed by atoms with Gasteiger partial charge in [-0.2, -0.15) is 8.42 Å². The third kappa shape index (κ3) is 2.94. The second kappa shape index (κ2) is 4.63. The van der Waals surface area contributed by atoms with Crippen molar-refractivity contribution in [2.24, 2.45) is 0 Å². The molecule has 0 heterocycles. The monoisotopic (exact) mass is 230 g/mol. The summed E-state index contributed by atoms with van der Waals surface area (Å²) in [5.41, 5.74) is 0.252. The minimum atomic E-state index is -4.16. The minimum absolute atomic E-state index is 0.103. The number of phenolic OH excluding ortho intramolecular Hbond substituents is 1. The van der Waals surface area contributed by atoms with E-state index in [9.17, 15) is 13.5 Å². The lowest BCUT2D eigenvalue weighted by atomic mass is 10.1. The molecule has 1 rings (SSSR count). The molecule has 4 nitrogen and oxygen atoms in total. The fraction of sp³-hybridized carbons (Fsp3) is 0.400. The standard InChI is InChI=1S/C10H14O4S/c1-2-5-10(15(12,13)14)8-6-3-4-7-9(8)11/h3-4,6-7,10-11H,2,5H2,1H3,(H,12,13,14). The largest absolute Gasteiger partial charge is 0.508 e. The molecule has 0 aliphatic carbocycles. The van der Waals surface area contributed by atoms with E-state index in [-0.39, 0.29) is 17.7 Å². The van der Waals surface area contributed by atoms with Crippen LogP contribution in [0.5, 0.6) is 5.75 Å². The molecular weight excluding hydrogens is 216 g/mol. The Hall–Kier alpha value is -1.07. The van der Waals surface area contributed by atoms with Gasteiger partial charge in [0.1, 0.15) is 11.0 Å². The first kappa shape index (κ1) is 12.0. The number of hydrogen-bond donors (Lipinski definition) is 2. The average molecular weight is 230 g/mol. The first-order valence-corrected chi connectivity index (χ1v) is 6.21. The molecule has 1 atom stereocenters. The van der Waals surface area contributed by atoms with Gasteiger partial charge in [-0.15, -0.1) is 0 Å². The van der Waals surface area contributed by atoms with Crippen LogP contribution in [0.2, 0.25) is 0 Å². The van der Waals surface area contributed by atoms with Gasteiger partial charge in [0, 0.05) is 5.56 Å². The van der Waals surface area contributed by atoms with Crippen molar-refractivity contribution in [3.05, 3.63) is 29.8 Å². The Morgan fingerprint density at radius 1 is 1.33 bits per heavy atom. The van der Waals surface area contributed by atoms with Gasteiger partial charge in [-0.3, -0.25) is 4.55 Å². The molecule has 0 aromatic heterocycles. The fourth-order valence-corrected chi connectivity index (χ4v) is 2.54. The lowest BCUT2D eigenvalue weighted by molar-refractivity contribution is 0.444. The highest BCUT2D eigenvalue weighted by Crippen LogP contribution is 2.32. The van der Waals surface area contributed by atoms with Crippen LogP contribution in [0.25, 0.3) is 0 Å². The van der Waals surface area contributed by atoms with E-state index in [0.717, 1.165) is 0 Å². The van der Waals surface area contributed by atoms with E-state index in [1.165, 1.54) is 12.1 Å². The molecule has 84 valence electrons. The summed E-state index contributed by atoms with van der Waals surface area (Å²) in [7, 11) is -4.16. The molecule has 0 bridgehead atoms. The van der Waals surface area contributed by atoms with Crippen LogP contribution >= 0.6 is 0 Å². The number of benzene rings is 1. The molecular formula is C10H14O4S. The highest BCUT2D eigenvalue weighted by Gasteiger charge is 2.26. The van der Waals surface area contributed by atoms with Gasteiger partial charge >= 0.3 is 0 Å². The zero-order valence-corrected chi connectivity index (χ0v) is 9.24. The fourth-order valence-electron chi connectivity index (χ4n) is 1.49. The number of hydrogen-bond acceptors (Lipinski definition) is 3. The Morgan fingerprint density at radius 3 is 2.40 bits per heavy atom. The van der Waals surface area contributed by atoms with Crippen molar-refractivity contribution < 1.29 is 18.1 Å². The predicted molar refractivity (Wildman–Crippen MR) is 57.3 cm³/mol. The van der Waals surface area contributed by atoms with Crippen LogP contribution in [0.4, 0.5) is 0 Å². The SMILES string of the molecule is CCCC(c1ccccc1O)S(=O)(=O)O. The molecule has 0 spiro atoms. The van der Waals surface area contributed by atoms with Crippen LogP contribution in [0.3, 0.4) is 0 Å². The van der Waals surface area contributed by atoms with Gasteiger partial charge in [0.25, 0.3) is 10.1 Å². The maximum Gasteiger partial charge on any atom is 0.272 e. The molecule has 15 heavy (non-hydrogen) atoms. The summed E-state index contributed by atoms with van der Waals surface area (Å²) in [5.74, 6) is -0.103. The average Bonchev–Trinajstić information content (AvgIpc) is 2.14. The van der Waals surface area contributed by atoms with Crippen LogP contribution in [0.15, 0.2) is 24.3 Å². The summed E-state index contributed by atoms with van der Waals surface area (Å²) < 4.78 is 31.3. The maximum absolute atomic E-state index is 11.1. The smallest absolute Gasteiger partial charge is 0.272 e. The van der Waals surface area contributed by atoms with Gasteiger partial charge in [-0.05, 0) is 12.5 Å². The van der Waals surface area contributed by atoms with Crippen molar-refractivity contribution >= 4 is 10.1 Å². The van der Waals surface area contributed by atoms with Crippen LogP contribution in [-0.4, -0.2) is 18.1 Å². The molecule has 1 aromatic carbocycles. The molecule has 0 saturated carbocycles. The molecule has 2 N–H and O–H groups in total. The highest BCUT2D eigenvalue weighted by atomic mass is 32.2. The number of rotatable bonds is 4. The van der Waals surface area contributed by atoms with Crippen molar-refractivity contribution in [2.45, 2.75) is 25.0 Å². The first-order valence-electron chi connectivity index (χ1n) is 4.71. The van der Waals surface area contributed by atoms with Crippen molar-refractivity contribution in [1.29, 1.82) is 0 Å². The lowest BCUT2D eigenvalue weighted by Crippen LogP contribution is -2.12. The molecule has 0 amide bonds. The zero-order chi connectivity index (χ0) is 11.5. The Kier molecular flexibility index (Phi) is 3.71. The van der Waals surface area contributed by atoms with Crippen molar-refractivity contribution in [2.75, 3.05) is 0 Å². The third-order valence-corrected chi connectivity index (χ3v) is 3.40. The second-order valence-corrected chi connectivity index (χ2v) is 4.95. The van der Waals surface area contributed by atoms with E-state index in [0.29, 0.717) is 6.42 Å². The van der Waals surface area contributed by atoms with Crippen LogP contribution in [-0.2, 0) is 10.1 Å². The zero-order valence-electron chi connectivity index (χ0n) is 8.42. The molecule has 5 heteroatoms. The van der Waals surface area contributed by atoms with E-state index < -0.39 is 15.4 Å². The minimum Gasteiger partial charge on any atom is -0.508 e. The van der Waals surface area contributed by atoms with E-state index in [1.54, 1.807) is 12.1 Å². The van der Waals surface area contributed by atoms with Crippen LogP contribution in [0, 0.1) is 0 Å². The number of aromatic hydroxyl groups is 1. The summed E-state index contributed by atoms with van der Waals surface area (Å²) in [6.07, 6.45) is 0.898. The van der Waals surface area contributed by atoms with E-state index in [1.807, 2.05) is 6.92 Å². The summed E-state index contributed by atoms with van der Waals surface area (Å²) >= 11 is 0. The van der Waals surface area contributed by atoms with Gasteiger partial charge in [0.05, 0.1) is 0 Å². The second-order valence-electron chi connectivity index (χ2n) is 3.35. The van der Waals surface area contributed by atoms with Crippen molar-refractivity contribution in [3.63, 3.8) is 0 Å². The predicted octanol–water partition coefficient (Wildman–Crippen LogP) is 2.12. The first-order chi connectivity index (χ1) is 6.96. The Balaban J connectivity index is 3.16. The number of phenols is 1. The Labute approximate surface area is 89.3 Å². The maximum atomic E-state index is 11.1. The van der Waals surface area contributed by atoms with E-state index >= 15 is 0 Å². The summed E-state index contributed by atoms with van der Waals surface area (Å²) in [4.78, 5) is 0. The van der Waals surface area contributed by atoms with Crippen LogP contribution in [0.1, 0.15) is 30.6 Å². The Morgan fingerprint density at radius 2 is 1.93 bits per heavy atom. The quantitative estimate of drug-likeness (QED) is 0.777. The van der Waals surface area contributed by atoms with E-state index in [2.05, 4.69) is 0 Å². The van der Waals surface area contributed by atoms with Crippen molar-refractivity contribution in [3.8, 4) is 5.75 Å². The summed E-state index contributed by atoms with van der Waals surface area (Å²) in [6, 6.07) is 6.14. The number of para-hydroxylation sites is 1. The topological polar surface area (TPSA) is 74.6 Å². The van der Waals surface area contributed by atoms with Crippen LogP contribution < -0.4 is 0 Å². The van der Waals surface area contributed by atoms with Gasteiger partial charge in [0.15, 0.2) is 0 Å². The molecule has 0 fully saturated rings. The summed E-state index contributed by atoms with van der Waals surface area (Å²) in [6.45, 7) is 1.82. The Bertz CT molecular complexity index is 425. The van der Waals surface area contributed by atoms with Gasteiger partial charge < -0.3 is 5.11 Å². The summed E-state index contributed by atoms with van der Waals surface area (Å²) in [5, 5.41) is 8.46. The molecule has 1 unspecified atom stereocenters. The van der Waals surface area contributed by atoms with Crippen molar-refractivity contribution in [1.82, 2.24) is 0 Å². The molecule has 0 aliphatic rings. The molecule has 1 aromatic rings.